The molecule has 6 heteroatoms. The summed E-state index contributed by atoms with van der Waals surface area (Å²) < 4.78 is 23.8. The Labute approximate surface area is 142 Å². The van der Waals surface area contributed by atoms with E-state index >= 15 is 0 Å². The van der Waals surface area contributed by atoms with Gasteiger partial charge in [-0.15, -0.1) is 0 Å². The molecule has 1 aromatic rings. The number of carbonyl (C=O) groups is 1. The van der Waals surface area contributed by atoms with Crippen LogP contribution >= 0.6 is 0 Å². The van der Waals surface area contributed by atoms with E-state index in [0.29, 0.717) is 31.5 Å². The molecule has 0 N–H and O–H groups in total. The van der Waals surface area contributed by atoms with E-state index in [2.05, 4.69) is 4.90 Å². The molecule has 2 aliphatic rings. The van der Waals surface area contributed by atoms with Crippen LogP contribution in [0, 0.1) is 11.7 Å². The van der Waals surface area contributed by atoms with Gasteiger partial charge in [-0.1, -0.05) is 0 Å². The van der Waals surface area contributed by atoms with Crippen LogP contribution in [0.3, 0.4) is 0 Å². The van der Waals surface area contributed by atoms with Gasteiger partial charge in [-0.05, 0) is 50.2 Å². The Balaban J connectivity index is 1.35. The van der Waals surface area contributed by atoms with E-state index in [1.165, 1.54) is 12.1 Å². The minimum atomic E-state index is -0.255. The van der Waals surface area contributed by atoms with Gasteiger partial charge in [-0.25, -0.2) is 4.39 Å². The standard InChI is InChI=1S/C18H25FN2O3/c19-16-1-3-17(4-2-16)24-14-9-20-7-5-15(6-8-20)18(22)21-10-12-23-13-11-21/h1-4,15H,5-14H2. The van der Waals surface area contributed by atoms with Gasteiger partial charge in [-0.3, -0.25) is 9.69 Å². The zero-order chi connectivity index (χ0) is 16.8. The molecule has 0 bridgehead atoms. The maximum absolute atomic E-state index is 12.8. The van der Waals surface area contributed by atoms with Crippen LogP contribution < -0.4 is 4.74 Å². The first kappa shape index (κ1) is 17.2. The van der Waals surface area contributed by atoms with E-state index in [4.69, 9.17) is 9.47 Å². The number of halogens is 1. The lowest BCUT2D eigenvalue weighted by molar-refractivity contribution is -0.141. The number of likely N-dealkylation sites (tertiary alicyclic amines) is 1. The predicted octanol–water partition coefficient (Wildman–Crippen LogP) is 1.78. The van der Waals surface area contributed by atoms with E-state index in [1.807, 2.05) is 4.90 Å². The second kappa shape index (κ2) is 8.44. The first-order valence-electron chi connectivity index (χ1n) is 8.69. The molecule has 24 heavy (non-hydrogen) atoms. The Morgan fingerprint density at radius 1 is 1.12 bits per heavy atom. The molecule has 0 unspecified atom stereocenters. The summed E-state index contributed by atoms with van der Waals surface area (Å²) >= 11 is 0. The van der Waals surface area contributed by atoms with Crippen LogP contribution in [0.15, 0.2) is 24.3 Å². The maximum atomic E-state index is 12.8. The lowest BCUT2D eigenvalue weighted by atomic mass is 9.95. The zero-order valence-corrected chi connectivity index (χ0v) is 14.0. The van der Waals surface area contributed by atoms with Crippen LogP contribution in [-0.2, 0) is 9.53 Å². The third-order valence-corrected chi connectivity index (χ3v) is 4.75. The van der Waals surface area contributed by atoms with Gasteiger partial charge in [0.1, 0.15) is 18.2 Å². The van der Waals surface area contributed by atoms with Crippen molar-refractivity contribution in [2.75, 3.05) is 52.5 Å². The summed E-state index contributed by atoms with van der Waals surface area (Å²) in [6.45, 7) is 6.02. The van der Waals surface area contributed by atoms with Crippen molar-refractivity contribution < 1.29 is 18.7 Å². The average Bonchev–Trinajstić information content (AvgIpc) is 2.64. The van der Waals surface area contributed by atoms with Gasteiger partial charge >= 0.3 is 0 Å². The van der Waals surface area contributed by atoms with Gasteiger partial charge in [-0.2, -0.15) is 0 Å². The molecule has 2 heterocycles. The van der Waals surface area contributed by atoms with E-state index in [1.54, 1.807) is 12.1 Å². The summed E-state index contributed by atoms with van der Waals surface area (Å²) in [6.07, 6.45) is 1.82. The van der Waals surface area contributed by atoms with Crippen molar-refractivity contribution >= 4 is 5.91 Å². The van der Waals surface area contributed by atoms with Crippen LogP contribution in [-0.4, -0.2) is 68.3 Å². The largest absolute Gasteiger partial charge is 0.492 e. The van der Waals surface area contributed by atoms with Crippen LogP contribution in [0.2, 0.25) is 0 Å². The Bertz CT molecular complexity index is 524. The summed E-state index contributed by atoms with van der Waals surface area (Å²) in [6, 6.07) is 6.08. The average molecular weight is 336 g/mol. The SMILES string of the molecule is O=C(C1CCN(CCOc2ccc(F)cc2)CC1)N1CCOCC1. The molecule has 2 saturated heterocycles. The second-order valence-electron chi connectivity index (χ2n) is 6.36. The molecule has 0 radical (unpaired) electrons. The molecule has 2 fully saturated rings. The number of rotatable bonds is 5. The molecule has 0 atom stereocenters. The Kier molecular flexibility index (Phi) is 6.04. The van der Waals surface area contributed by atoms with E-state index in [-0.39, 0.29) is 11.7 Å². The summed E-state index contributed by atoms with van der Waals surface area (Å²) in [7, 11) is 0. The molecule has 0 saturated carbocycles. The minimum absolute atomic E-state index is 0.150. The molecular formula is C18H25FN2O3. The van der Waals surface area contributed by atoms with Crippen molar-refractivity contribution in [2.45, 2.75) is 12.8 Å². The molecule has 3 rings (SSSR count). The fourth-order valence-electron chi connectivity index (χ4n) is 3.27. The third kappa shape index (κ3) is 4.68. The number of carbonyl (C=O) groups excluding carboxylic acids is 1. The second-order valence-corrected chi connectivity index (χ2v) is 6.36. The number of benzene rings is 1. The Morgan fingerprint density at radius 3 is 2.46 bits per heavy atom. The lowest BCUT2D eigenvalue weighted by Gasteiger charge is -2.35. The highest BCUT2D eigenvalue weighted by Gasteiger charge is 2.29. The van der Waals surface area contributed by atoms with Gasteiger partial charge in [0.2, 0.25) is 5.91 Å². The Morgan fingerprint density at radius 2 is 1.79 bits per heavy atom. The highest BCUT2D eigenvalue weighted by Crippen LogP contribution is 2.20. The molecule has 1 aromatic carbocycles. The number of morpholine rings is 1. The highest BCUT2D eigenvalue weighted by molar-refractivity contribution is 5.79. The van der Waals surface area contributed by atoms with Gasteiger partial charge < -0.3 is 14.4 Å². The number of amides is 1. The fraction of sp³-hybridized carbons (Fsp3) is 0.611. The molecular weight excluding hydrogens is 311 g/mol. The molecule has 0 spiro atoms. The normalized spacial score (nSPS) is 20.1. The van der Waals surface area contributed by atoms with Crippen LogP contribution in [0.1, 0.15) is 12.8 Å². The number of hydrogen-bond donors (Lipinski definition) is 0. The number of ether oxygens (including phenoxy) is 2. The molecule has 0 aromatic heterocycles. The van der Waals surface area contributed by atoms with E-state index < -0.39 is 0 Å². The van der Waals surface area contributed by atoms with Gasteiger partial charge in [0, 0.05) is 25.6 Å². The van der Waals surface area contributed by atoms with Crippen LogP contribution in [0.4, 0.5) is 4.39 Å². The fourth-order valence-corrected chi connectivity index (χ4v) is 3.27. The van der Waals surface area contributed by atoms with Crippen molar-refractivity contribution in [1.29, 1.82) is 0 Å². The van der Waals surface area contributed by atoms with Crippen molar-refractivity contribution in [1.82, 2.24) is 9.80 Å². The molecule has 5 nitrogen and oxygen atoms in total. The number of nitrogens with zero attached hydrogens (tertiary/aromatic N) is 2. The summed E-state index contributed by atoms with van der Waals surface area (Å²) in [4.78, 5) is 16.8. The first-order chi connectivity index (χ1) is 11.7. The maximum Gasteiger partial charge on any atom is 0.225 e. The van der Waals surface area contributed by atoms with Crippen molar-refractivity contribution in [3.05, 3.63) is 30.1 Å². The zero-order valence-electron chi connectivity index (χ0n) is 14.0. The molecule has 2 aliphatic heterocycles. The van der Waals surface area contributed by atoms with Crippen LogP contribution in [0.5, 0.6) is 5.75 Å². The first-order valence-corrected chi connectivity index (χ1v) is 8.69. The van der Waals surface area contributed by atoms with E-state index in [0.717, 1.165) is 45.6 Å². The number of piperidine rings is 1. The Hall–Kier alpha value is -1.66. The lowest BCUT2D eigenvalue weighted by Crippen LogP contribution is -2.47. The monoisotopic (exact) mass is 336 g/mol. The van der Waals surface area contributed by atoms with Gasteiger partial charge in [0.05, 0.1) is 13.2 Å². The van der Waals surface area contributed by atoms with Crippen molar-refractivity contribution in [3.8, 4) is 5.75 Å². The summed E-state index contributed by atoms with van der Waals surface area (Å²) in [5, 5.41) is 0. The smallest absolute Gasteiger partial charge is 0.225 e. The predicted molar refractivity (Wildman–Crippen MR) is 88.5 cm³/mol. The molecule has 1 amide bonds. The number of hydrogen-bond acceptors (Lipinski definition) is 4. The minimum Gasteiger partial charge on any atom is -0.492 e. The quantitative estimate of drug-likeness (QED) is 0.822. The van der Waals surface area contributed by atoms with Crippen molar-refractivity contribution in [2.24, 2.45) is 5.92 Å². The highest BCUT2D eigenvalue weighted by atomic mass is 19.1. The summed E-state index contributed by atoms with van der Waals surface area (Å²) in [5.41, 5.74) is 0. The van der Waals surface area contributed by atoms with Crippen molar-refractivity contribution in [3.63, 3.8) is 0 Å². The summed E-state index contributed by atoms with van der Waals surface area (Å²) in [5.74, 6) is 0.876. The molecule has 0 aliphatic carbocycles. The van der Waals surface area contributed by atoms with Crippen LogP contribution in [0.25, 0.3) is 0 Å². The van der Waals surface area contributed by atoms with Gasteiger partial charge in [0.15, 0.2) is 0 Å². The third-order valence-electron chi connectivity index (χ3n) is 4.75. The van der Waals surface area contributed by atoms with Gasteiger partial charge in [0.25, 0.3) is 0 Å². The topological polar surface area (TPSA) is 42.0 Å². The van der Waals surface area contributed by atoms with E-state index in [9.17, 15) is 9.18 Å². The molecule has 132 valence electrons.